The summed E-state index contributed by atoms with van der Waals surface area (Å²) in [5.74, 6) is 0.883. The average molecular weight is 406 g/mol. The van der Waals surface area contributed by atoms with E-state index in [1.54, 1.807) is 23.7 Å². The van der Waals surface area contributed by atoms with Gasteiger partial charge in [0.05, 0.1) is 9.72 Å². The highest BCUT2D eigenvalue weighted by Crippen LogP contribution is 2.44. The maximum atomic E-state index is 6.66. The zero-order valence-electron chi connectivity index (χ0n) is 13.8. The number of halogens is 2. The number of anilines is 1. The molecule has 0 amide bonds. The van der Waals surface area contributed by atoms with Crippen LogP contribution >= 0.6 is 34.5 Å². The van der Waals surface area contributed by atoms with E-state index < -0.39 is 0 Å². The zero-order chi connectivity index (χ0) is 18.1. The molecule has 3 aromatic heterocycles. The van der Waals surface area contributed by atoms with Crippen LogP contribution in [0, 0.1) is 0 Å². The lowest BCUT2D eigenvalue weighted by Crippen LogP contribution is -2.29. The molecule has 2 atom stereocenters. The summed E-state index contributed by atoms with van der Waals surface area (Å²) in [6, 6.07) is 3.96. The molecule has 8 heteroatoms. The predicted molar refractivity (Wildman–Crippen MR) is 108 cm³/mol. The Morgan fingerprint density at radius 1 is 1.15 bits per heavy atom. The molecule has 0 fully saturated rings. The van der Waals surface area contributed by atoms with E-state index in [2.05, 4.69) is 32.4 Å². The van der Waals surface area contributed by atoms with Gasteiger partial charge in [-0.3, -0.25) is 4.98 Å². The Kier molecular flexibility index (Phi) is 5.09. The maximum absolute atomic E-state index is 6.66. The number of hydrogen-bond donors (Lipinski definition) is 2. The molecule has 3 N–H and O–H groups in total. The van der Waals surface area contributed by atoms with Crippen molar-refractivity contribution in [1.29, 1.82) is 0 Å². The number of nitrogens with two attached hydrogens (primary N) is 1. The Hall–Kier alpha value is -1.73. The lowest BCUT2D eigenvalue weighted by atomic mass is 9.88. The normalized spacial score (nSPS) is 19.8. The molecular formula is C18H17Cl2N5S. The van der Waals surface area contributed by atoms with E-state index in [9.17, 15) is 0 Å². The number of pyridine rings is 1. The van der Waals surface area contributed by atoms with Gasteiger partial charge < -0.3 is 11.1 Å². The van der Waals surface area contributed by atoms with Gasteiger partial charge in [-0.25, -0.2) is 4.98 Å². The second-order valence-corrected chi connectivity index (χ2v) is 7.99. The van der Waals surface area contributed by atoms with Crippen molar-refractivity contribution >= 4 is 50.6 Å². The summed E-state index contributed by atoms with van der Waals surface area (Å²) in [6.45, 7) is 0.613. The van der Waals surface area contributed by atoms with Crippen LogP contribution in [0.1, 0.15) is 29.2 Å². The van der Waals surface area contributed by atoms with Crippen LogP contribution in [0.3, 0.4) is 0 Å². The topological polar surface area (TPSA) is 76.7 Å². The van der Waals surface area contributed by atoms with Gasteiger partial charge in [-0.05, 0) is 42.1 Å². The summed E-state index contributed by atoms with van der Waals surface area (Å²) in [6.07, 6.45) is 9.55. The molecule has 0 saturated carbocycles. The third-order valence-electron chi connectivity index (χ3n) is 4.50. The van der Waals surface area contributed by atoms with Crippen molar-refractivity contribution in [3.8, 4) is 0 Å². The van der Waals surface area contributed by atoms with E-state index in [0.717, 1.165) is 28.0 Å². The number of nitrogens with zero attached hydrogens (tertiary/aromatic N) is 3. The van der Waals surface area contributed by atoms with Gasteiger partial charge in [0, 0.05) is 35.8 Å². The summed E-state index contributed by atoms with van der Waals surface area (Å²) in [5, 5.41) is 4.15. The molecule has 134 valence electrons. The number of aromatic nitrogens is 3. The van der Waals surface area contributed by atoms with Crippen LogP contribution in [0.5, 0.6) is 0 Å². The van der Waals surface area contributed by atoms with Crippen molar-refractivity contribution in [3.63, 3.8) is 0 Å². The van der Waals surface area contributed by atoms with E-state index in [1.807, 2.05) is 12.1 Å². The SMILES string of the molecule is N[C@@H]1CC=CC[C@H]1c1sc2c(NCc3ccncc3)nc(Cl)nc2c1Cl. The molecule has 3 heterocycles. The molecule has 3 aromatic rings. The molecule has 26 heavy (non-hydrogen) atoms. The minimum atomic E-state index is 0.0576. The Morgan fingerprint density at radius 3 is 2.69 bits per heavy atom. The van der Waals surface area contributed by atoms with Crippen molar-refractivity contribution in [3.05, 3.63) is 57.4 Å². The van der Waals surface area contributed by atoms with Gasteiger partial charge >= 0.3 is 0 Å². The van der Waals surface area contributed by atoms with E-state index in [1.165, 1.54) is 0 Å². The second-order valence-electron chi connectivity index (χ2n) is 6.22. The van der Waals surface area contributed by atoms with Crippen LogP contribution in [0.15, 0.2) is 36.7 Å². The first-order valence-electron chi connectivity index (χ1n) is 8.32. The average Bonchev–Trinajstić information content (AvgIpc) is 2.98. The fraction of sp³-hybridized carbons (Fsp3) is 0.278. The van der Waals surface area contributed by atoms with Crippen molar-refractivity contribution in [2.24, 2.45) is 5.73 Å². The molecular weight excluding hydrogens is 389 g/mol. The molecule has 5 nitrogen and oxygen atoms in total. The van der Waals surface area contributed by atoms with Crippen LogP contribution in [-0.2, 0) is 6.54 Å². The maximum Gasteiger partial charge on any atom is 0.225 e. The molecule has 0 unspecified atom stereocenters. The van der Waals surface area contributed by atoms with Crippen LogP contribution in [0.25, 0.3) is 10.2 Å². The number of allylic oxidation sites excluding steroid dienone is 1. The molecule has 0 radical (unpaired) electrons. The number of thiophene rings is 1. The third-order valence-corrected chi connectivity index (χ3v) is 6.48. The first kappa shape index (κ1) is 17.7. The molecule has 1 aliphatic carbocycles. The summed E-state index contributed by atoms with van der Waals surface area (Å²) >= 11 is 14.4. The minimum absolute atomic E-state index is 0.0576. The van der Waals surface area contributed by atoms with E-state index in [0.29, 0.717) is 22.9 Å². The monoisotopic (exact) mass is 405 g/mol. The Labute approximate surface area is 165 Å². The smallest absolute Gasteiger partial charge is 0.225 e. The van der Waals surface area contributed by atoms with Crippen molar-refractivity contribution in [2.45, 2.75) is 31.3 Å². The fourth-order valence-corrected chi connectivity index (χ4v) is 5.03. The second kappa shape index (κ2) is 7.48. The Bertz CT molecular complexity index is 957. The van der Waals surface area contributed by atoms with E-state index in [-0.39, 0.29) is 17.2 Å². The molecule has 1 aliphatic rings. The van der Waals surface area contributed by atoms with E-state index >= 15 is 0 Å². The summed E-state index contributed by atoms with van der Waals surface area (Å²) < 4.78 is 0.908. The van der Waals surface area contributed by atoms with Gasteiger partial charge in [0.15, 0.2) is 0 Å². The molecule has 0 aliphatic heterocycles. The number of rotatable bonds is 4. The van der Waals surface area contributed by atoms with Crippen molar-refractivity contribution in [2.75, 3.05) is 5.32 Å². The molecule has 0 spiro atoms. The van der Waals surface area contributed by atoms with Crippen LogP contribution < -0.4 is 11.1 Å². The molecule has 0 aromatic carbocycles. The van der Waals surface area contributed by atoms with Gasteiger partial charge in [0.2, 0.25) is 5.28 Å². The van der Waals surface area contributed by atoms with Crippen molar-refractivity contribution < 1.29 is 0 Å². The zero-order valence-corrected chi connectivity index (χ0v) is 16.2. The molecule has 0 saturated heterocycles. The highest BCUT2D eigenvalue weighted by Gasteiger charge is 2.27. The Balaban J connectivity index is 1.72. The van der Waals surface area contributed by atoms with Gasteiger partial charge in [-0.1, -0.05) is 23.8 Å². The van der Waals surface area contributed by atoms with E-state index in [4.69, 9.17) is 28.9 Å². The van der Waals surface area contributed by atoms with Crippen LogP contribution in [-0.4, -0.2) is 21.0 Å². The lowest BCUT2D eigenvalue weighted by molar-refractivity contribution is 0.528. The van der Waals surface area contributed by atoms with Gasteiger partial charge in [-0.2, -0.15) is 4.98 Å². The first-order valence-corrected chi connectivity index (χ1v) is 9.89. The highest BCUT2D eigenvalue weighted by molar-refractivity contribution is 7.20. The van der Waals surface area contributed by atoms with Gasteiger partial charge in [0.25, 0.3) is 0 Å². The predicted octanol–water partition coefficient (Wildman–Crippen LogP) is 4.77. The van der Waals surface area contributed by atoms with Gasteiger partial charge in [-0.15, -0.1) is 11.3 Å². The number of nitrogens with one attached hydrogen (secondary N) is 1. The Morgan fingerprint density at radius 2 is 1.92 bits per heavy atom. The van der Waals surface area contributed by atoms with Crippen LogP contribution in [0.2, 0.25) is 10.3 Å². The summed E-state index contributed by atoms with van der Waals surface area (Å²) in [7, 11) is 0. The number of fused-ring (bicyclic) bond motifs is 1. The van der Waals surface area contributed by atoms with Crippen molar-refractivity contribution in [1.82, 2.24) is 15.0 Å². The summed E-state index contributed by atoms with van der Waals surface area (Å²) in [5.41, 5.74) is 8.11. The number of hydrogen-bond acceptors (Lipinski definition) is 6. The largest absolute Gasteiger partial charge is 0.365 e. The highest BCUT2D eigenvalue weighted by atomic mass is 35.5. The molecule has 4 rings (SSSR count). The quantitative estimate of drug-likeness (QED) is 0.482. The standard InChI is InChI=1S/C18H17Cl2N5S/c19-13-14-16(26-15(13)11-3-1-2-4-12(11)21)17(25-18(20)24-14)23-9-10-5-7-22-8-6-10/h1-2,5-8,11-12H,3-4,9,21H2,(H,23,24,25)/t11-,12-/m1/s1. The van der Waals surface area contributed by atoms with Crippen LogP contribution in [0.4, 0.5) is 5.82 Å². The lowest BCUT2D eigenvalue weighted by Gasteiger charge is -2.24. The third kappa shape index (κ3) is 3.42. The minimum Gasteiger partial charge on any atom is -0.365 e. The molecule has 0 bridgehead atoms. The first-order chi connectivity index (χ1) is 12.6. The fourth-order valence-electron chi connectivity index (χ4n) is 3.12. The van der Waals surface area contributed by atoms with Gasteiger partial charge in [0.1, 0.15) is 11.3 Å². The summed E-state index contributed by atoms with van der Waals surface area (Å²) in [4.78, 5) is 13.8.